The maximum Gasteiger partial charge on any atom is 0.341 e. The Labute approximate surface area is 241 Å². The number of pyridine rings is 1. The van der Waals surface area contributed by atoms with Gasteiger partial charge in [0.25, 0.3) is 0 Å². The lowest BCUT2D eigenvalue weighted by atomic mass is 9.72. The summed E-state index contributed by atoms with van der Waals surface area (Å²) < 4.78 is 10.8. The number of nitrogen functional groups attached to an aromatic ring is 1. The lowest BCUT2D eigenvalue weighted by Crippen LogP contribution is -2.26. The summed E-state index contributed by atoms with van der Waals surface area (Å²) in [5.41, 5.74) is 8.13. The third-order valence-electron chi connectivity index (χ3n) is 6.97. The second kappa shape index (κ2) is 12.2. The van der Waals surface area contributed by atoms with Crippen molar-refractivity contribution < 1.29 is 18.7 Å². The van der Waals surface area contributed by atoms with E-state index >= 15 is 0 Å². The quantitative estimate of drug-likeness (QED) is 0.236. The van der Waals surface area contributed by atoms with Crippen molar-refractivity contribution in [3.8, 4) is 23.5 Å². The number of nitrogens with zero attached hydrogens (tertiary/aromatic N) is 3. The van der Waals surface area contributed by atoms with E-state index in [9.17, 15) is 20.1 Å². The molecule has 0 aliphatic heterocycles. The summed E-state index contributed by atoms with van der Waals surface area (Å²) in [7, 11) is 0. The molecular weight excluding hydrogens is 546 g/mol. The number of nitriles is 2. The molecule has 4 rings (SSSR count). The van der Waals surface area contributed by atoms with Gasteiger partial charge >= 0.3 is 5.97 Å². The van der Waals surface area contributed by atoms with Crippen LogP contribution in [0.15, 0.2) is 27.8 Å². The van der Waals surface area contributed by atoms with Crippen LogP contribution in [0.1, 0.15) is 72.5 Å². The molecule has 0 bridgehead atoms. The van der Waals surface area contributed by atoms with Crippen molar-refractivity contribution in [2.24, 2.45) is 11.3 Å². The van der Waals surface area contributed by atoms with Gasteiger partial charge < -0.3 is 20.2 Å². The topological polar surface area (TPSA) is 155 Å². The number of hydrogen-bond donors (Lipinski definition) is 2. The molecule has 1 atom stereocenters. The van der Waals surface area contributed by atoms with Crippen molar-refractivity contribution in [2.45, 2.75) is 58.4 Å². The Bertz CT molecular complexity index is 1510. The number of amides is 1. The highest BCUT2D eigenvalue weighted by Gasteiger charge is 2.34. The van der Waals surface area contributed by atoms with Gasteiger partial charge in [-0.25, -0.2) is 9.78 Å². The maximum atomic E-state index is 13.0. The van der Waals surface area contributed by atoms with Gasteiger partial charge in [0.2, 0.25) is 5.91 Å². The SMILES string of the molecule is CCOC(=O)c1c(NC(=O)CCSc2nc(N)c(C#N)c(-c3ccco3)c2C#N)sc2c1CCC(C(C)(C)C)C2. The summed E-state index contributed by atoms with van der Waals surface area (Å²) in [5.74, 6) is 0.417. The number of carbonyl (C=O) groups excluding carboxylic acids is 2. The molecule has 3 N–H and O–H groups in total. The minimum atomic E-state index is -0.416. The summed E-state index contributed by atoms with van der Waals surface area (Å²) in [6.45, 7) is 8.70. The highest BCUT2D eigenvalue weighted by molar-refractivity contribution is 7.99. The van der Waals surface area contributed by atoms with Crippen molar-refractivity contribution in [3.05, 3.63) is 45.5 Å². The van der Waals surface area contributed by atoms with Crippen LogP contribution in [0.2, 0.25) is 0 Å². The molecule has 1 unspecified atom stereocenters. The summed E-state index contributed by atoms with van der Waals surface area (Å²) in [5, 5.41) is 23.2. The number of carbonyl (C=O) groups is 2. The summed E-state index contributed by atoms with van der Waals surface area (Å²) >= 11 is 2.64. The van der Waals surface area contributed by atoms with E-state index in [0.29, 0.717) is 33.0 Å². The normalized spacial score (nSPS) is 14.6. The van der Waals surface area contributed by atoms with Crippen LogP contribution in [0, 0.1) is 34.0 Å². The Morgan fingerprint density at radius 3 is 2.67 bits per heavy atom. The van der Waals surface area contributed by atoms with Crippen LogP contribution in [0.3, 0.4) is 0 Å². The van der Waals surface area contributed by atoms with Crippen molar-refractivity contribution in [2.75, 3.05) is 23.4 Å². The molecule has 208 valence electrons. The molecule has 11 heteroatoms. The summed E-state index contributed by atoms with van der Waals surface area (Å²) in [6.07, 6.45) is 4.16. The lowest BCUT2D eigenvalue weighted by molar-refractivity contribution is -0.115. The lowest BCUT2D eigenvalue weighted by Gasteiger charge is -2.33. The van der Waals surface area contributed by atoms with E-state index < -0.39 is 5.97 Å². The largest absolute Gasteiger partial charge is 0.464 e. The number of rotatable bonds is 8. The molecule has 3 aromatic heterocycles. The van der Waals surface area contributed by atoms with Gasteiger partial charge in [0.05, 0.1) is 29.6 Å². The number of nitrogens with two attached hydrogens (primary N) is 1. The van der Waals surface area contributed by atoms with E-state index in [0.717, 1.165) is 29.7 Å². The van der Waals surface area contributed by atoms with Crippen LogP contribution >= 0.6 is 23.1 Å². The smallest absolute Gasteiger partial charge is 0.341 e. The predicted octanol–water partition coefficient (Wildman–Crippen LogP) is 6.18. The molecule has 9 nitrogen and oxygen atoms in total. The first-order valence-electron chi connectivity index (χ1n) is 13.0. The predicted molar refractivity (Wildman–Crippen MR) is 155 cm³/mol. The highest BCUT2D eigenvalue weighted by Crippen LogP contribution is 2.44. The minimum absolute atomic E-state index is 0.0170. The molecule has 0 fully saturated rings. The van der Waals surface area contributed by atoms with Gasteiger partial charge in [-0.2, -0.15) is 10.5 Å². The molecular formula is C29H31N5O4S2. The number of fused-ring (bicyclic) bond motifs is 1. The van der Waals surface area contributed by atoms with E-state index in [2.05, 4.69) is 37.1 Å². The van der Waals surface area contributed by atoms with Crippen LogP contribution in [-0.4, -0.2) is 29.2 Å². The van der Waals surface area contributed by atoms with Gasteiger partial charge in [-0.1, -0.05) is 20.8 Å². The molecule has 0 saturated heterocycles. The number of ether oxygens (including phenoxy) is 1. The van der Waals surface area contributed by atoms with Crippen molar-refractivity contribution in [3.63, 3.8) is 0 Å². The molecule has 0 aromatic carbocycles. The van der Waals surface area contributed by atoms with Crippen LogP contribution < -0.4 is 11.1 Å². The van der Waals surface area contributed by atoms with Crippen molar-refractivity contribution in [1.82, 2.24) is 4.98 Å². The van der Waals surface area contributed by atoms with E-state index in [-0.39, 0.29) is 46.9 Å². The zero-order valence-corrected chi connectivity index (χ0v) is 24.6. The highest BCUT2D eigenvalue weighted by atomic mass is 32.2. The molecule has 3 heterocycles. The number of thiophene rings is 1. The van der Waals surface area contributed by atoms with Gasteiger partial charge in [0.15, 0.2) is 0 Å². The second-order valence-electron chi connectivity index (χ2n) is 10.5. The Balaban J connectivity index is 1.52. The molecule has 1 amide bonds. The number of aromatic nitrogens is 1. The Morgan fingerprint density at radius 1 is 1.30 bits per heavy atom. The zero-order valence-electron chi connectivity index (χ0n) is 22.9. The number of nitrogens with one attached hydrogen (secondary N) is 1. The monoisotopic (exact) mass is 577 g/mol. The number of hydrogen-bond acceptors (Lipinski definition) is 10. The van der Waals surface area contributed by atoms with Crippen LogP contribution in [0.4, 0.5) is 10.8 Å². The molecule has 40 heavy (non-hydrogen) atoms. The first-order chi connectivity index (χ1) is 19.1. The number of anilines is 2. The number of furan rings is 1. The van der Waals surface area contributed by atoms with E-state index in [1.807, 2.05) is 6.07 Å². The molecule has 1 aliphatic rings. The number of esters is 1. The van der Waals surface area contributed by atoms with E-state index in [4.69, 9.17) is 14.9 Å². The first-order valence-corrected chi connectivity index (χ1v) is 14.8. The van der Waals surface area contributed by atoms with Crippen LogP contribution in [0.25, 0.3) is 11.3 Å². The zero-order chi connectivity index (χ0) is 29.0. The Kier molecular flexibility index (Phi) is 8.87. The summed E-state index contributed by atoms with van der Waals surface area (Å²) in [6, 6.07) is 7.40. The van der Waals surface area contributed by atoms with Crippen LogP contribution in [-0.2, 0) is 22.4 Å². The fraction of sp³-hybridized carbons (Fsp3) is 0.414. The average molecular weight is 578 g/mol. The van der Waals surface area contributed by atoms with E-state index in [1.54, 1.807) is 19.1 Å². The molecule has 3 aromatic rings. The number of thioether (sulfide) groups is 1. The van der Waals surface area contributed by atoms with Gasteiger partial charge in [-0.05, 0) is 55.2 Å². The third-order valence-corrected chi connectivity index (χ3v) is 9.12. The molecule has 0 radical (unpaired) electrons. The van der Waals surface area contributed by atoms with Gasteiger partial charge in [-0.15, -0.1) is 23.1 Å². The maximum absolute atomic E-state index is 13.0. The van der Waals surface area contributed by atoms with Gasteiger partial charge in [0, 0.05) is 17.1 Å². The molecule has 0 saturated carbocycles. The van der Waals surface area contributed by atoms with E-state index in [1.165, 1.54) is 29.4 Å². The Morgan fingerprint density at radius 2 is 2.05 bits per heavy atom. The van der Waals surface area contributed by atoms with Crippen LogP contribution in [0.5, 0.6) is 0 Å². The fourth-order valence-electron chi connectivity index (χ4n) is 4.83. The molecule has 1 aliphatic carbocycles. The minimum Gasteiger partial charge on any atom is -0.464 e. The van der Waals surface area contributed by atoms with Crippen molar-refractivity contribution in [1.29, 1.82) is 10.5 Å². The fourth-order valence-corrected chi connectivity index (χ4v) is 7.10. The average Bonchev–Trinajstić information content (AvgIpc) is 3.55. The van der Waals surface area contributed by atoms with Gasteiger partial charge in [-0.3, -0.25) is 4.79 Å². The first kappa shape index (κ1) is 29.2. The van der Waals surface area contributed by atoms with Gasteiger partial charge in [0.1, 0.15) is 39.3 Å². The summed E-state index contributed by atoms with van der Waals surface area (Å²) in [4.78, 5) is 31.3. The molecule has 0 spiro atoms. The second-order valence-corrected chi connectivity index (χ2v) is 12.7. The Hall–Kier alpha value is -3.80. The third kappa shape index (κ3) is 6.01. The van der Waals surface area contributed by atoms with Crippen molar-refractivity contribution >= 4 is 45.8 Å². The standard InChI is InChI=1S/C29H31N5O4S2/c1-5-37-28(36)24-17-9-8-16(29(2,3)4)13-21(17)40-27(24)33-22(35)10-12-39-26-19(15-31)23(20-7-6-11-38-20)18(14-30)25(32)34-26/h6-7,11,16H,5,8-10,12-13H2,1-4H3,(H2,32,34)(H,33,35).